The summed E-state index contributed by atoms with van der Waals surface area (Å²) in [6, 6.07) is -0.903. The van der Waals surface area contributed by atoms with Crippen LogP contribution in [0.5, 0.6) is 0 Å². The molecule has 2 saturated carbocycles. The molecule has 8 heteroatoms. The molecule has 116 valence electrons. The summed E-state index contributed by atoms with van der Waals surface area (Å²) in [5.74, 6) is -5.49. The molecule has 0 heterocycles. The highest BCUT2D eigenvalue weighted by Gasteiger charge is 2.63. The highest BCUT2D eigenvalue weighted by atomic mass is 32.2. The van der Waals surface area contributed by atoms with E-state index in [0.29, 0.717) is 19.3 Å². The van der Waals surface area contributed by atoms with Crippen molar-refractivity contribution >= 4 is 15.7 Å². The summed E-state index contributed by atoms with van der Waals surface area (Å²) < 4.78 is 50.0. The first kappa shape index (κ1) is 15.6. The van der Waals surface area contributed by atoms with Crippen LogP contribution in [0, 0.1) is 0 Å². The quantitative estimate of drug-likeness (QED) is 0.779. The molecule has 1 atom stereocenters. The highest BCUT2D eigenvalue weighted by molar-refractivity contribution is 7.92. The normalized spacial score (nSPS) is 25.4. The standard InChI is InChI=1S/C12H19F2NO4S/c1-8(10(6-7-10)20(2,18)19)15-9(16)12(13,14)11(17)4-3-5-11/h8,17H,3-7H2,1-2H3,(H,15,16). The molecule has 20 heavy (non-hydrogen) atoms. The summed E-state index contributed by atoms with van der Waals surface area (Å²) in [6.45, 7) is 1.41. The molecule has 1 amide bonds. The van der Waals surface area contributed by atoms with Crippen molar-refractivity contribution in [1.82, 2.24) is 5.32 Å². The van der Waals surface area contributed by atoms with Crippen molar-refractivity contribution in [3.63, 3.8) is 0 Å². The van der Waals surface area contributed by atoms with Gasteiger partial charge >= 0.3 is 5.92 Å². The van der Waals surface area contributed by atoms with Crippen LogP contribution in [0.4, 0.5) is 8.78 Å². The van der Waals surface area contributed by atoms with E-state index >= 15 is 0 Å². The third-order valence-electron chi connectivity index (χ3n) is 4.67. The molecule has 2 aliphatic carbocycles. The van der Waals surface area contributed by atoms with Gasteiger partial charge in [-0.1, -0.05) is 0 Å². The van der Waals surface area contributed by atoms with Crippen LogP contribution in [0.1, 0.15) is 39.0 Å². The summed E-state index contributed by atoms with van der Waals surface area (Å²) in [4.78, 5) is 11.7. The molecule has 0 aromatic heterocycles. The van der Waals surface area contributed by atoms with Crippen LogP contribution in [0.2, 0.25) is 0 Å². The summed E-state index contributed by atoms with van der Waals surface area (Å²) in [7, 11) is -3.43. The predicted octanol–water partition coefficient (Wildman–Crippen LogP) is 0.619. The summed E-state index contributed by atoms with van der Waals surface area (Å²) in [6.07, 6.45) is 1.94. The van der Waals surface area contributed by atoms with Gasteiger partial charge < -0.3 is 10.4 Å². The van der Waals surface area contributed by atoms with E-state index in [9.17, 15) is 27.1 Å². The molecule has 0 radical (unpaired) electrons. The van der Waals surface area contributed by atoms with Crippen LogP contribution >= 0.6 is 0 Å². The maximum Gasteiger partial charge on any atom is 0.352 e. The molecule has 0 bridgehead atoms. The number of alkyl halides is 2. The average molecular weight is 311 g/mol. The Kier molecular flexibility index (Phi) is 3.41. The lowest BCUT2D eigenvalue weighted by atomic mass is 9.75. The Labute approximate surface area is 116 Å². The molecule has 0 aliphatic heterocycles. The molecule has 0 spiro atoms. The van der Waals surface area contributed by atoms with Crippen LogP contribution in [-0.2, 0) is 14.6 Å². The number of hydrogen-bond donors (Lipinski definition) is 2. The van der Waals surface area contributed by atoms with Crippen LogP contribution in [-0.4, -0.2) is 48.0 Å². The number of hydrogen-bond acceptors (Lipinski definition) is 4. The number of rotatable bonds is 5. The zero-order valence-electron chi connectivity index (χ0n) is 11.4. The molecule has 2 fully saturated rings. The second-order valence-corrected chi connectivity index (χ2v) is 8.35. The fourth-order valence-electron chi connectivity index (χ4n) is 2.70. The van der Waals surface area contributed by atoms with Crippen molar-refractivity contribution < 1.29 is 27.1 Å². The van der Waals surface area contributed by atoms with E-state index in [1.165, 1.54) is 6.92 Å². The van der Waals surface area contributed by atoms with Gasteiger partial charge in [0.15, 0.2) is 9.84 Å². The zero-order chi connectivity index (χ0) is 15.4. The van der Waals surface area contributed by atoms with Gasteiger partial charge in [0.1, 0.15) is 5.60 Å². The number of carbonyl (C=O) groups excluding carboxylic acids is 1. The summed E-state index contributed by atoms with van der Waals surface area (Å²) in [5.41, 5.74) is -2.29. The second kappa shape index (κ2) is 4.37. The van der Waals surface area contributed by atoms with Gasteiger partial charge in [-0.05, 0) is 39.0 Å². The lowest BCUT2D eigenvalue weighted by Gasteiger charge is -2.42. The van der Waals surface area contributed by atoms with Crippen molar-refractivity contribution in [2.24, 2.45) is 0 Å². The topological polar surface area (TPSA) is 83.5 Å². The highest BCUT2D eigenvalue weighted by Crippen LogP contribution is 2.47. The van der Waals surface area contributed by atoms with Gasteiger partial charge in [-0.25, -0.2) is 8.42 Å². The fraction of sp³-hybridized carbons (Fsp3) is 0.917. The number of sulfone groups is 1. The van der Waals surface area contributed by atoms with Crippen LogP contribution in [0.25, 0.3) is 0 Å². The van der Waals surface area contributed by atoms with Gasteiger partial charge in [-0.15, -0.1) is 0 Å². The van der Waals surface area contributed by atoms with Gasteiger partial charge in [0.2, 0.25) is 0 Å². The van der Waals surface area contributed by atoms with Gasteiger partial charge in [-0.3, -0.25) is 4.79 Å². The lowest BCUT2D eigenvalue weighted by Crippen LogP contribution is -2.63. The van der Waals surface area contributed by atoms with E-state index in [-0.39, 0.29) is 12.8 Å². The smallest absolute Gasteiger partial charge is 0.352 e. The van der Waals surface area contributed by atoms with E-state index in [4.69, 9.17) is 0 Å². The number of aliphatic hydroxyl groups is 1. The first-order valence-corrected chi connectivity index (χ1v) is 8.46. The summed E-state index contributed by atoms with van der Waals surface area (Å²) in [5, 5.41) is 11.7. The van der Waals surface area contributed by atoms with Gasteiger partial charge in [0.25, 0.3) is 5.91 Å². The van der Waals surface area contributed by atoms with E-state index in [2.05, 4.69) is 5.32 Å². The number of halogens is 2. The Hall–Kier alpha value is -0.760. The van der Waals surface area contributed by atoms with Crippen molar-refractivity contribution in [2.45, 2.75) is 61.3 Å². The van der Waals surface area contributed by atoms with E-state index in [0.717, 1.165) is 6.26 Å². The lowest BCUT2D eigenvalue weighted by molar-refractivity contribution is -0.216. The van der Waals surface area contributed by atoms with Crippen molar-refractivity contribution in [1.29, 1.82) is 0 Å². The Morgan fingerprint density at radius 1 is 1.30 bits per heavy atom. The molecule has 1 unspecified atom stereocenters. The Morgan fingerprint density at radius 3 is 2.10 bits per heavy atom. The SMILES string of the molecule is CC(NC(=O)C(F)(F)C1(O)CCC1)C1(S(C)(=O)=O)CC1. The number of carbonyl (C=O) groups is 1. The Bertz CT molecular complexity index is 524. The Balaban J connectivity index is 2.09. The molecule has 2 rings (SSSR count). The zero-order valence-corrected chi connectivity index (χ0v) is 12.3. The first-order chi connectivity index (χ1) is 8.96. The molecule has 0 aromatic carbocycles. The van der Waals surface area contributed by atoms with Gasteiger partial charge in [0.05, 0.1) is 4.75 Å². The molecular weight excluding hydrogens is 292 g/mol. The summed E-state index contributed by atoms with van der Waals surface area (Å²) >= 11 is 0. The van der Waals surface area contributed by atoms with Crippen LogP contribution in [0.3, 0.4) is 0 Å². The third-order valence-corrected chi connectivity index (χ3v) is 6.91. The minimum absolute atomic E-state index is 0.126. The molecule has 0 saturated heterocycles. The largest absolute Gasteiger partial charge is 0.383 e. The minimum atomic E-state index is -3.90. The molecule has 5 nitrogen and oxygen atoms in total. The van der Waals surface area contributed by atoms with Gasteiger partial charge in [0, 0.05) is 12.3 Å². The van der Waals surface area contributed by atoms with E-state index in [1.807, 2.05) is 0 Å². The second-order valence-electron chi connectivity index (χ2n) is 5.99. The predicted molar refractivity (Wildman–Crippen MR) is 68.2 cm³/mol. The molecule has 2 aliphatic rings. The monoisotopic (exact) mass is 311 g/mol. The average Bonchev–Trinajstić information content (AvgIpc) is 3.05. The maximum absolute atomic E-state index is 13.9. The van der Waals surface area contributed by atoms with Crippen molar-refractivity contribution in [2.75, 3.05) is 6.26 Å². The third kappa shape index (κ3) is 2.13. The van der Waals surface area contributed by atoms with E-state index < -0.39 is 38.1 Å². The fourth-order valence-corrected chi connectivity index (χ4v) is 4.25. The Morgan fingerprint density at radius 2 is 1.80 bits per heavy atom. The first-order valence-electron chi connectivity index (χ1n) is 6.57. The molecule has 2 N–H and O–H groups in total. The van der Waals surface area contributed by atoms with Crippen LogP contribution < -0.4 is 5.32 Å². The van der Waals surface area contributed by atoms with Crippen LogP contribution in [0.15, 0.2) is 0 Å². The van der Waals surface area contributed by atoms with Gasteiger partial charge in [-0.2, -0.15) is 8.78 Å². The number of amides is 1. The van der Waals surface area contributed by atoms with Crippen molar-refractivity contribution in [3.05, 3.63) is 0 Å². The minimum Gasteiger partial charge on any atom is -0.383 e. The van der Waals surface area contributed by atoms with E-state index in [1.54, 1.807) is 0 Å². The van der Waals surface area contributed by atoms with Crippen molar-refractivity contribution in [3.8, 4) is 0 Å². The maximum atomic E-state index is 13.9. The number of nitrogens with one attached hydrogen (secondary N) is 1. The molecular formula is C12H19F2NO4S. The molecule has 0 aromatic rings.